The van der Waals surface area contributed by atoms with Crippen molar-refractivity contribution in [2.75, 3.05) is 25.6 Å². The SMILES string of the molecule is CNCc1cn[nH]c1S(=O)(=O)NCCCCCSC. The summed E-state index contributed by atoms with van der Waals surface area (Å²) in [6.45, 7) is 0.940. The highest BCUT2D eigenvalue weighted by Gasteiger charge is 2.19. The molecule has 1 aromatic heterocycles. The fourth-order valence-corrected chi connectivity index (χ4v) is 3.37. The van der Waals surface area contributed by atoms with Crippen LogP contribution in [0.2, 0.25) is 0 Å². The fraction of sp³-hybridized carbons (Fsp3) is 0.727. The molecular formula is C11H22N4O2S2. The van der Waals surface area contributed by atoms with Crippen molar-refractivity contribution in [1.82, 2.24) is 20.2 Å². The lowest BCUT2D eigenvalue weighted by Gasteiger charge is -2.06. The number of nitrogens with zero attached hydrogens (tertiary/aromatic N) is 1. The molecule has 1 heterocycles. The highest BCUT2D eigenvalue weighted by Crippen LogP contribution is 2.11. The molecule has 19 heavy (non-hydrogen) atoms. The van der Waals surface area contributed by atoms with Crippen LogP contribution in [0.5, 0.6) is 0 Å². The lowest BCUT2D eigenvalue weighted by Crippen LogP contribution is -2.26. The summed E-state index contributed by atoms with van der Waals surface area (Å²) in [7, 11) is -1.71. The van der Waals surface area contributed by atoms with Gasteiger partial charge in [0, 0.05) is 18.7 Å². The van der Waals surface area contributed by atoms with Crippen molar-refractivity contribution in [2.24, 2.45) is 0 Å². The largest absolute Gasteiger partial charge is 0.316 e. The van der Waals surface area contributed by atoms with Crippen molar-refractivity contribution in [3.05, 3.63) is 11.8 Å². The molecule has 0 bridgehead atoms. The van der Waals surface area contributed by atoms with Crippen molar-refractivity contribution in [3.63, 3.8) is 0 Å². The van der Waals surface area contributed by atoms with Crippen molar-refractivity contribution in [2.45, 2.75) is 30.8 Å². The molecular weight excluding hydrogens is 284 g/mol. The fourth-order valence-electron chi connectivity index (χ4n) is 1.68. The number of thioether (sulfide) groups is 1. The Hall–Kier alpha value is -0.570. The van der Waals surface area contributed by atoms with Crippen LogP contribution in [0.3, 0.4) is 0 Å². The number of hydrogen-bond acceptors (Lipinski definition) is 5. The Balaban J connectivity index is 2.45. The number of rotatable bonds is 10. The summed E-state index contributed by atoms with van der Waals surface area (Å²) in [6, 6.07) is 0. The summed E-state index contributed by atoms with van der Waals surface area (Å²) in [5.41, 5.74) is 0.650. The number of nitrogens with one attached hydrogen (secondary N) is 3. The van der Waals surface area contributed by atoms with Gasteiger partial charge in [-0.15, -0.1) is 0 Å². The summed E-state index contributed by atoms with van der Waals surface area (Å²) >= 11 is 1.81. The van der Waals surface area contributed by atoms with Gasteiger partial charge < -0.3 is 5.32 Å². The van der Waals surface area contributed by atoms with Gasteiger partial charge in [-0.1, -0.05) is 6.42 Å². The Labute approximate surface area is 119 Å². The van der Waals surface area contributed by atoms with E-state index >= 15 is 0 Å². The molecule has 110 valence electrons. The predicted octanol–water partition coefficient (Wildman–Crippen LogP) is 0.941. The van der Waals surface area contributed by atoms with Gasteiger partial charge in [0.15, 0.2) is 5.03 Å². The first-order chi connectivity index (χ1) is 9.11. The molecule has 0 aliphatic carbocycles. The topological polar surface area (TPSA) is 86.9 Å². The number of hydrogen-bond donors (Lipinski definition) is 3. The maximum atomic E-state index is 12.1. The van der Waals surface area contributed by atoms with Gasteiger partial charge >= 0.3 is 0 Å². The summed E-state index contributed by atoms with van der Waals surface area (Å²) in [5.74, 6) is 1.12. The van der Waals surface area contributed by atoms with Crippen LogP contribution in [0.1, 0.15) is 24.8 Å². The van der Waals surface area contributed by atoms with Gasteiger partial charge in [-0.2, -0.15) is 16.9 Å². The minimum Gasteiger partial charge on any atom is -0.316 e. The van der Waals surface area contributed by atoms with E-state index in [0.29, 0.717) is 18.7 Å². The maximum Gasteiger partial charge on any atom is 0.257 e. The van der Waals surface area contributed by atoms with E-state index in [-0.39, 0.29) is 5.03 Å². The van der Waals surface area contributed by atoms with Crippen molar-refractivity contribution >= 4 is 21.8 Å². The Morgan fingerprint density at radius 3 is 2.84 bits per heavy atom. The molecule has 0 amide bonds. The lowest BCUT2D eigenvalue weighted by atomic mass is 10.2. The Kier molecular flexibility index (Phi) is 7.44. The zero-order valence-corrected chi connectivity index (χ0v) is 13.0. The van der Waals surface area contributed by atoms with Crippen LogP contribution >= 0.6 is 11.8 Å². The summed E-state index contributed by atoms with van der Waals surface area (Å²) < 4.78 is 26.7. The normalized spacial score (nSPS) is 11.9. The van der Waals surface area contributed by atoms with E-state index in [1.807, 2.05) is 11.8 Å². The summed E-state index contributed by atoms with van der Waals surface area (Å²) in [4.78, 5) is 0. The Bertz CT molecular complexity index is 459. The van der Waals surface area contributed by atoms with Crippen LogP contribution in [-0.4, -0.2) is 44.2 Å². The molecule has 0 aromatic carbocycles. The van der Waals surface area contributed by atoms with E-state index in [2.05, 4.69) is 26.5 Å². The quantitative estimate of drug-likeness (QED) is 0.560. The van der Waals surface area contributed by atoms with Crippen LogP contribution in [0.4, 0.5) is 0 Å². The predicted molar refractivity (Wildman–Crippen MR) is 78.8 cm³/mol. The van der Waals surface area contributed by atoms with E-state index in [1.165, 1.54) is 6.20 Å². The molecule has 6 nitrogen and oxygen atoms in total. The van der Waals surface area contributed by atoms with Crippen LogP contribution in [-0.2, 0) is 16.6 Å². The van der Waals surface area contributed by atoms with Crippen molar-refractivity contribution < 1.29 is 8.42 Å². The molecule has 0 atom stereocenters. The average Bonchev–Trinajstić information content (AvgIpc) is 2.83. The van der Waals surface area contributed by atoms with Crippen LogP contribution < -0.4 is 10.0 Å². The third-order valence-corrected chi connectivity index (χ3v) is 4.80. The molecule has 3 N–H and O–H groups in total. The van der Waals surface area contributed by atoms with Gasteiger partial charge in [0.1, 0.15) is 0 Å². The highest BCUT2D eigenvalue weighted by atomic mass is 32.2. The first-order valence-corrected chi connectivity index (χ1v) is 9.15. The van der Waals surface area contributed by atoms with Gasteiger partial charge in [-0.05, 0) is 31.9 Å². The van der Waals surface area contributed by atoms with Crippen molar-refractivity contribution in [1.29, 1.82) is 0 Å². The lowest BCUT2D eigenvalue weighted by molar-refractivity contribution is 0.570. The second-order valence-corrected chi connectivity index (χ2v) is 6.90. The van der Waals surface area contributed by atoms with E-state index in [0.717, 1.165) is 25.0 Å². The third-order valence-electron chi connectivity index (χ3n) is 2.63. The van der Waals surface area contributed by atoms with E-state index in [1.54, 1.807) is 7.05 Å². The van der Waals surface area contributed by atoms with Gasteiger partial charge in [0.2, 0.25) is 0 Å². The monoisotopic (exact) mass is 306 g/mol. The molecule has 0 spiro atoms. The maximum absolute atomic E-state index is 12.1. The van der Waals surface area contributed by atoms with Crippen LogP contribution in [0.15, 0.2) is 11.2 Å². The molecule has 8 heteroatoms. The molecule has 1 aromatic rings. The smallest absolute Gasteiger partial charge is 0.257 e. The zero-order chi connectivity index (χ0) is 14.1. The summed E-state index contributed by atoms with van der Waals surface area (Å²) in [6.07, 6.45) is 6.62. The second kappa shape index (κ2) is 8.57. The number of aromatic amines is 1. The van der Waals surface area contributed by atoms with Gasteiger partial charge in [-0.3, -0.25) is 5.10 Å². The molecule has 0 aliphatic heterocycles. The standard InChI is InChI=1S/C11H22N4O2S2/c1-12-8-10-9-13-15-11(10)19(16,17)14-6-4-3-5-7-18-2/h9,12,14H,3-8H2,1-2H3,(H,13,15). The first kappa shape index (κ1) is 16.5. The van der Waals surface area contributed by atoms with Crippen molar-refractivity contribution in [3.8, 4) is 0 Å². The molecule has 0 saturated carbocycles. The van der Waals surface area contributed by atoms with E-state index < -0.39 is 10.0 Å². The highest BCUT2D eigenvalue weighted by molar-refractivity contribution is 7.98. The molecule has 0 unspecified atom stereocenters. The second-order valence-electron chi connectivity index (χ2n) is 4.21. The molecule has 0 radical (unpaired) electrons. The Morgan fingerprint density at radius 1 is 1.37 bits per heavy atom. The number of sulfonamides is 1. The minimum atomic E-state index is -3.48. The Morgan fingerprint density at radius 2 is 2.16 bits per heavy atom. The van der Waals surface area contributed by atoms with Gasteiger partial charge in [-0.25, -0.2) is 13.1 Å². The summed E-state index contributed by atoms with van der Waals surface area (Å²) in [5, 5.41) is 9.41. The van der Waals surface area contributed by atoms with Gasteiger partial charge in [0.25, 0.3) is 10.0 Å². The molecule has 1 rings (SSSR count). The average molecular weight is 306 g/mol. The molecule has 0 saturated heterocycles. The number of aromatic nitrogens is 2. The zero-order valence-electron chi connectivity index (χ0n) is 11.4. The van der Waals surface area contributed by atoms with E-state index in [4.69, 9.17) is 0 Å². The number of H-pyrrole nitrogens is 1. The van der Waals surface area contributed by atoms with Crippen LogP contribution in [0, 0.1) is 0 Å². The number of unbranched alkanes of at least 4 members (excludes halogenated alkanes) is 2. The van der Waals surface area contributed by atoms with Gasteiger partial charge in [0.05, 0.1) is 6.20 Å². The third kappa shape index (κ3) is 5.52. The van der Waals surface area contributed by atoms with Crippen LogP contribution in [0.25, 0.3) is 0 Å². The molecule has 0 aliphatic rings. The first-order valence-electron chi connectivity index (χ1n) is 6.27. The van der Waals surface area contributed by atoms with E-state index in [9.17, 15) is 8.42 Å². The minimum absolute atomic E-state index is 0.158. The molecule has 0 fully saturated rings.